The molecule has 0 saturated heterocycles. The highest BCUT2D eigenvalue weighted by molar-refractivity contribution is 7.86. The topological polar surface area (TPSA) is 34.1 Å². The Morgan fingerprint density at radius 3 is 2.40 bits per heavy atom. The summed E-state index contributed by atoms with van der Waals surface area (Å²) in [6.07, 6.45) is 3.15. The van der Waals surface area contributed by atoms with Gasteiger partial charge in [0.25, 0.3) is 0 Å². The summed E-state index contributed by atoms with van der Waals surface area (Å²) in [7, 11) is -1.32. The first-order valence-corrected chi connectivity index (χ1v) is 7.92. The molecule has 0 spiro atoms. The van der Waals surface area contributed by atoms with Gasteiger partial charge in [-0.1, -0.05) is 29.3 Å². The van der Waals surface area contributed by atoms with Gasteiger partial charge in [0.15, 0.2) is 0 Å². The second-order valence-corrected chi connectivity index (χ2v) is 6.68. The Kier molecular flexibility index (Phi) is 6.59. The summed E-state index contributed by atoms with van der Waals surface area (Å²) in [6.45, 7) is 11.3. The van der Waals surface area contributed by atoms with Gasteiger partial charge in [0.1, 0.15) is 11.0 Å². The van der Waals surface area contributed by atoms with Crippen molar-refractivity contribution in [2.75, 3.05) is 0 Å². The molecule has 0 aliphatic rings. The van der Waals surface area contributed by atoms with Gasteiger partial charge >= 0.3 is 0 Å². The van der Waals surface area contributed by atoms with Crippen LogP contribution in [0, 0.1) is 6.92 Å². The van der Waals surface area contributed by atoms with E-state index in [1.54, 1.807) is 6.08 Å². The smallest absolute Gasteiger partial charge is 0.149 e. The molecule has 1 rings (SSSR count). The molecule has 0 N–H and O–H groups in total. The van der Waals surface area contributed by atoms with Crippen molar-refractivity contribution in [3.8, 4) is 0 Å². The van der Waals surface area contributed by atoms with Crippen molar-refractivity contribution in [1.82, 2.24) is 0 Å². The zero-order valence-electron chi connectivity index (χ0n) is 12.2. The summed E-state index contributed by atoms with van der Waals surface area (Å²) < 4.78 is 12.6. The molecule has 0 radical (unpaired) electrons. The van der Waals surface area contributed by atoms with Crippen molar-refractivity contribution in [2.45, 2.75) is 43.3 Å². The maximum Gasteiger partial charge on any atom is 0.149 e. The third-order valence-electron chi connectivity index (χ3n) is 3.05. The predicted octanol–water partition coefficient (Wildman–Crippen LogP) is 3.97. The van der Waals surface area contributed by atoms with Crippen molar-refractivity contribution in [2.24, 2.45) is 0 Å². The molecular formula is C17H22O2S. The summed E-state index contributed by atoms with van der Waals surface area (Å²) in [5.74, 6) is 0.0202. The fourth-order valence-electron chi connectivity index (χ4n) is 1.82. The van der Waals surface area contributed by atoms with E-state index >= 15 is 0 Å². The second-order valence-electron chi connectivity index (χ2n) is 5.05. The predicted molar refractivity (Wildman–Crippen MR) is 85.2 cm³/mol. The van der Waals surface area contributed by atoms with Gasteiger partial charge < -0.3 is 0 Å². The van der Waals surface area contributed by atoms with Crippen LogP contribution in [-0.2, 0) is 15.6 Å². The van der Waals surface area contributed by atoms with Crippen molar-refractivity contribution in [3.63, 3.8) is 0 Å². The number of rotatable bonds is 8. The highest BCUT2D eigenvalue weighted by atomic mass is 32.2. The van der Waals surface area contributed by atoms with Crippen LogP contribution >= 0.6 is 0 Å². The van der Waals surface area contributed by atoms with Crippen LogP contribution < -0.4 is 0 Å². The molecule has 0 aliphatic heterocycles. The molecule has 0 fully saturated rings. The Morgan fingerprint density at radius 2 is 1.90 bits per heavy atom. The molecule has 1 aromatic carbocycles. The number of allylic oxidation sites excluding steroid dienone is 2. The quantitative estimate of drug-likeness (QED) is 0.679. The van der Waals surface area contributed by atoms with Crippen LogP contribution in [0.2, 0.25) is 0 Å². The number of hydrogen-bond acceptors (Lipinski definition) is 2. The highest BCUT2D eigenvalue weighted by Gasteiger charge is 2.24. The van der Waals surface area contributed by atoms with Gasteiger partial charge in [-0.15, -0.1) is 13.2 Å². The summed E-state index contributed by atoms with van der Waals surface area (Å²) in [5.41, 5.74) is 2.08. The van der Waals surface area contributed by atoms with Gasteiger partial charge in [-0.3, -0.25) is 9.00 Å². The summed E-state index contributed by atoms with van der Waals surface area (Å²) >= 11 is 0. The minimum absolute atomic E-state index is 0.0202. The number of aryl methyl sites for hydroxylation is 1. The first kappa shape index (κ1) is 16.6. The zero-order chi connectivity index (χ0) is 15.1. The fourth-order valence-corrected chi connectivity index (χ4v) is 3.22. The molecule has 1 aromatic rings. The van der Waals surface area contributed by atoms with Crippen LogP contribution in [0.3, 0.4) is 0 Å². The molecule has 0 heterocycles. The lowest BCUT2D eigenvalue weighted by Gasteiger charge is -2.14. The van der Waals surface area contributed by atoms with Crippen molar-refractivity contribution in [3.05, 3.63) is 54.6 Å². The van der Waals surface area contributed by atoms with Gasteiger partial charge in [0.2, 0.25) is 0 Å². The molecule has 0 saturated carbocycles. The zero-order valence-corrected chi connectivity index (χ0v) is 13.0. The van der Waals surface area contributed by atoms with Crippen LogP contribution in [0.15, 0.2) is 54.0 Å². The number of Topliss-reactive ketones (excluding diaryl/α,β-unsaturated/α-hetero) is 1. The minimum atomic E-state index is -1.32. The molecule has 1 unspecified atom stereocenters. The van der Waals surface area contributed by atoms with E-state index in [1.807, 2.05) is 38.1 Å². The maximum atomic E-state index is 12.6. The Labute approximate surface area is 124 Å². The molecule has 0 aromatic heterocycles. The Bertz CT molecular complexity index is 514. The van der Waals surface area contributed by atoms with E-state index < -0.39 is 16.0 Å². The number of carbonyl (C=O) groups is 1. The number of carbonyl (C=O) groups excluding carboxylic acids is 1. The summed E-state index contributed by atoms with van der Waals surface area (Å²) in [6, 6.07) is 7.48. The largest absolute Gasteiger partial charge is 0.298 e. The third-order valence-corrected chi connectivity index (χ3v) is 4.76. The Balaban J connectivity index is 2.86. The normalized spacial score (nSPS) is 13.5. The Morgan fingerprint density at radius 1 is 1.30 bits per heavy atom. The fraction of sp³-hybridized carbons (Fsp3) is 0.353. The number of ketones is 1. The molecule has 3 heteroatoms. The molecule has 2 atom stereocenters. The summed E-state index contributed by atoms with van der Waals surface area (Å²) in [4.78, 5) is 12.9. The average Bonchev–Trinajstić information content (AvgIpc) is 2.42. The van der Waals surface area contributed by atoms with Crippen molar-refractivity contribution < 1.29 is 9.00 Å². The van der Waals surface area contributed by atoms with Crippen LogP contribution in [0.5, 0.6) is 0 Å². The van der Waals surface area contributed by atoms with E-state index in [4.69, 9.17) is 0 Å². The highest BCUT2D eigenvalue weighted by Crippen LogP contribution is 2.18. The van der Waals surface area contributed by atoms with Crippen LogP contribution in [0.4, 0.5) is 0 Å². The average molecular weight is 290 g/mol. The molecule has 2 nitrogen and oxygen atoms in total. The number of benzene rings is 1. The summed E-state index contributed by atoms with van der Waals surface area (Å²) in [5, 5.41) is -0.505. The molecule has 0 amide bonds. The SMILES string of the molecule is C=CCC(C(=O)CCC(=C)C)[S@](=O)c1ccc(C)cc1. The van der Waals surface area contributed by atoms with E-state index in [-0.39, 0.29) is 5.78 Å². The lowest BCUT2D eigenvalue weighted by molar-refractivity contribution is -0.118. The van der Waals surface area contributed by atoms with Gasteiger partial charge in [-0.2, -0.15) is 0 Å². The van der Waals surface area contributed by atoms with E-state index in [9.17, 15) is 9.00 Å². The lowest BCUT2D eigenvalue weighted by atomic mass is 10.1. The van der Waals surface area contributed by atoms with E-state index in [0.29, 0.717) is 24.2 Å². The van der Waals surface area contributed by atoms with Crippen LogP contribution in [0.25, 0.3) is 0 Å². The van der Waals surface area contributed by atoms with Gasteiger partial charge in [0.05, 0.1) is 10.8 Å². The first-order chi connectivity index (χ1) is 9.45. The van der Waals surface area contributed by atoms with E-state index in [0.717, 1.165) is 11.1 Å². The lowest BCUT2D eigenvalue weighted by Crippen LogP contribution is -2.25. The molecule has 0 aliphatic carbocycles. The van der Waals surface area contributed by atoms with Crippen LogP contribution in [-0.4, -0.2) is 15.2 Å². The van der Waals surface area contributed by atoms with E-state index in [1.165, 1.54) is 0 Å². The first-order valence-electron chi connectivity index (χ1n) is 6.71. The van der Waals surface area contributed by atoms with Crippen molar-refractivity contribution in [1.29, 1.82) is 0 Å². The van der Waals surface area contributed by atoms with Gasteiger partial charge in [-0.25, -0.2) is 0 Å². The second kappa shape index (κ2) is 7.95. The third kappa shape index (κ3) is 4.89. The maximum absolute atomic E-state index is 12.6. The minimum Gasteiger partial charge on any atom is -0.298 e. The van der Waals surface area contributed by atoms with E-state index in [2.05, 4.69) is 13.2 Å². The van der Waals surface area contributed by atoms with Gasteiger partial charge in [-0.05, 0) is 38.8 Å². The van der Waals surface area contributed by atoms with Gasteiger partial charge in [0, 0.05) is 11.3 Å². The number of hydrogen-bond donors (Lipinski definition) is 0. The molecule has 0 bridgehead atoms. The molecule has 108 valence electrons. The standard InChI is InChI=1S/C17H22O2S/c1-5-6-17(16(18)12-7-13(2)3)20(19)15-10-8-14(4)9-11-15/h5,8-11,17H,1-2,6-7,12H2,3-4H3/t17?,20-/m1/s1. The molecule has 20 heavy (non-hydrogen) atoms. The van der Waals surface area contributed by atoms with Crippen LogP contribution in [0.1, 0.15) is 31.7 Å². The van der Waals surface area contributed by atoms with Crippen molar-refractivity contribution >= 4 is 16.6 Å². The molecular weight excluding hydrogens is 268 g/mol. The Hall–Kier alpha value is -1.48. The monoisotopic (exact) mass is 290 g/mol.